The molecule has 0 aromatic heterocycles. The van der Waals surface area contributed by atoms with Crippen LogP contribution < -0.4 is 5.73 Å². The van der Waals surface area contributed by atoms with Crippen molar-refractivity contribution in [2.45, 2.75) is 44.2 Å². The number of ether oxygens (including phenoxy) is 1. The second kappa shape index (κ2) is 6.25. The van der Waals surface area contributed by atoms with Crippen LogP contribution in [0.25, 0.3) is 0 Å². The highest BCUT2D eigenvalue weighted by Crippen LogP contribution is 2.40. The second-order valence-corrected chi connectivity index (χ2v) is 6.23. The smallest absolute Gasteiger partial charge is 0.0674 e. The highest BCUT2D eigenvalue weighted by atomic mass is 16.5. The third kappa shape index (κ3) is 3.22. The lowest BCUT2D eigenvalue weighted by molar-refractivity contribution is 0.0612. The molecule has 2 N–H and O–H groups in total. The van der Waals surface area contributed by atoms with Gasteiger partial charge >= 0.3 is 0 Å². The quantitative estimate of drug-likeness (QED) is 0.917. The average molecular weight is 274 g/mol. The summed E-state index contributed by atoms with van der Waals surface area (Å²) in [6.07, 6.45) is 4.11. The van der Waals surface area contributed by atoms with Crippen molar-refractivity contribution in [3.63, 3.8) is 0 Å². The van der Waals surface area contributed by atoms with Gasteiger partial charge in [-0.2, -0.15) is 0 Å². The van der Waals surface area contributed by atoms with Gasteiger partial charge in [-0.15, -0.1) is 0 Å². The van der Waals surface area contributed by atoms with Crippen LogP contribution in [-0.2, 0) is 4.74 Å². The van der Waals surface area contributed by atoms with Gasteiger partial charge in [0.05, 0.1) is 6.10 Å². The van der Waals surface area contributed by atoms with Gasteiger partial charge in [0.1, 0.15) is 0 Å². The Morgan fingerprint density at radius 1 is 1.40 bits per heavy atom. The predicted molar refractivity (Wildman–Crippen MR) is 81.8 cm³/mol. The van der Waals surface area contributed by atoms with Crippen molar-refractivity contribution < 1.29 is 4.74 Å². The van der Waals surface area contributed by atoms with Crippen LogP contribution >= 0.6 is 0 Å². The minimum Gasteiger partial charge on any atom is -0.377 e. The van der Waals surface area contributed by atoms with Gasteiger partial charge in [-0.1, -0.05) is 24.3 Å². The molecule has 3 heteroatoms. The molecule has 1 saturated carbocycles. The van der Waals surface area contributed by atoms with Crippen LogP contribution in [0, 0.1) is 0 Å². The molecule has 0 radical (unpaired) electrons. The first-order chi connectivity index (χ1) is 9.78. The molecular weight excluding hydrogens is 248 g/mol. The van der Waals surface area contributed by atoms with Gasteiger partial charge in [-0.25, -0.2) is 0 Å². The van der Waals surface area contributed by atoms with Crippen LogP contribution in [0.2, 0.25) is 0 Å². The van der Waals surface area contributed by atoms with Crippen LogP contribution in [0.4, 0.5) is 0 Å². The molecule has 3 nitrogen and oxygen atoms in total. The summed E-state index contributed by atoms with van der Waals surface area (Å²) in [6.45, 7) is 5.78. The molecule has 2 atom stereocenters. The lowest BCUT2D eigenvalue weighted by atomic mass is 10.00. The zero-order chi connectivity index (χ0) is 13.9. The molecule has 20 heavy (non-hydrogen) atoms. The van der Waals surface area contributed by atoms with Crippen molar-refractivity contribution in [2.75, 3.05) is 26.2 Å². The minimum atomic E-state index is 0.304. The molecule has 3 rings (SSSR count). The molecule has 1 aromatic rings. The van der Waals surface area contributed by atoms with E-state index in [4.69, 9.17) is 10.5 Å². The molecule has 1 aromatic carbocycles. The van der Waals surface area contributed by atoms with Gasteiger partial charge in [0.2, 0.25) is 0 Å². The fourth-order valence-electron chi connectivity index (χ4n) is 3.24. The summed E-state index contributed by atoms with van der Waals surface area (Å²) >= 11 is 0. The number of nitrogens with two attached hydrogens (primary N) is 1. The van der Waals surface area contributed by atoms with E-state index in [1.165, 1.54) is 24.0 Å². The van der Waals surface area contributed by atoms with E-state index in [0.717, 1.165) is 32.0 Å². The van der Waals surface area contributed by atoms with Gasteiger partial charge in [-0.05, 0) is 43.2 Å². The summed E-state index contributed by atoms with van der Waals surface area (Å²) in [4.78, 5) is 2.50. The van der Waals surface area contributed by atoms with Crippen LogP contribution in [0.1, 0.15) is 49.3 Å². The standard InChI is InChI=1S/C17H26N2O/c1-13-12-19(8-3-9-20-13)17(11-18)16-5-2-4-15(10-16)14-6-7-14/h2,4-5,10,13-14,17H,3,6-9,11-12,18H2,1H3. The maximum absolute atomic E-state index is 6.09. The molecule has 1 aliphatic carbocycles. The van der Waals surface area contributed by atoms with Crippen LogP contribution in [0.3, 0.4) is 0 Å². The third-order valence-corrected chi connectivity index (χ3v) is 4.49. The molecule has 2 fully saturated rings. The molecule has 2 unspecified atom stereocenters. The van der Waals surface area contributed by atoms with E-state index < -0.39 is 0 Å². The highest BCUT2D eigenvalue weighted by Gasteiger charge is 2.26. The minimum absolute atomic E-state index is 0.304. The molecule has 1 saturated heterocycles. The summed E-state index contributed by atoms with van der Waals surface area (Å²) in [5.41, 5.74) is 8.97. The largest absolute Gasteiger partial charge is 0.377 e. The van der Waals surface area contributed by atoms with Gasteiger partial charge in [0, 0.05) is 32.3 Å². The summed E-state index contributed by atoms with van der Waals surface area (Å²) in [7, 11) is 0. The summed E-state index contributed by atoms with van der Waals surface area (Å²) < 4.78 is 5.75. The van der Waals surface area contributed by atoms with Crippen molar-refractivity contribution in [3.05, 3.63) is 35.4 Å². The zero-order valence-electron chi connectivity index (χ0n) is 12.4. The molecule has 0 amide bonds. The first kappa shape index (κ1) is 14.1. The SMILES string of the molecule is CC1CN(C(CN)c2cccc(C3CC3)c2)CCCO1. The third-order valence-electron chi connectivity index (χ3n) is 4.49. The number of hydrogen-bond acceptors (Lipinski definition) is 3. The van der Waals surface area contributed by atoms with E-state index in [1.54, 1.807) is 0 Å². The van der Waals surface area contributed by atoms with Crippen LogP contribution in [0.5, 0.6) is 0 Å². The molecule has 1 aliphatic heterocycles. The van der Waals surface area contributed by atoms with Crippen LogP contribution in [0.15, 0.2) is 24.3 Å². The Morgan fingerprint density at radius 3 is 3.00 bits per heavy atom. The topological polar surface area (TPSA) is 38.5 Å². The number of nitrogens with zero attached hydrogens (tertiary/aromatic N) is 1. The zero-order valence-corrected chi connectivity index (χ0v) is 12.4. The van der Waals surface area contributed by atoms with Gasteiger partial charge in [0.15, 0.2) is 0 Å². The molecule has 0 spiro atoms. The summed E-state index contributed by atoms with van der Waals surface area (Å²) in [5.74, 6) is 0.805. The van der Waals surface area contributed by atoms with Gasteiger partial charge < -0.3 is 10.5 Å². The Balaban J connectivity index is 1.79. The summed E-state index contributed by atoms with van der Waals surface area (Å²) in [6, 6.07) is 9.41. The first-order valence-corrected chi connectivity index (χ1v) is 7.93. The lowest BCUT2D eigenvalue weighted by Crippen LogP contribution is -2.37. The number of hydrogen-bond donors (Lipinski definition) is 1. The number of benzene rings is 1. The Morgan fingerprint density at radius 2 is 2.25 bits per heavy atom. The van der Waals surface area contributed by atoms with Crippen molar-refractivity contribution in [2.24, 2.45) is 5.73 Å². The lowest BCUT2D eigenvalue weighted by Gasteiger charge is -2.31. The van der Waals surface area contributed by atoms with Crippen molar-refractivity contribution in [1.29, 1.82) is 0 Å². The van der Waals surface area contributed by atoms with Crippen molar-refractivity contribution >= 4 is 0 Å². The predicted octanol–water partition coefficient (Wildman–Crippen LogP) is 2.67. The average Bonchev–Trinajstić information content (AvgIpc) is 3.28. The Bertz CT molecular complexity index is 444. The van der Waals surface area contributed by atoms with Gasteiger partial charge in [0.25, 0.3) is 0 Å². The normalized spacial score (nSPS) is 26.2. The molecule has 2 aliphatic rings. The van der Waals surface area contributed by atoms with E-state index in [0.29, 0.717) is 18.7 Å². The Labute approximate surface area is 122 Å². The Kier molecular flexibility index (Phi) is 4.39. The molecular formula is C17H26N2O. The van der Waals surface area contributed by atoms with Crippen LogP contribution in [-0.4, -0.2) is 37.2 Å². The van der Waals surface area contributed by atoms with E-state index in [1.807, 2.05) is 0 Å². The second-order valence-electron chi connectivity index (χ2n) is 6.23. The fraction of sp³-hybridized carbons (Fsp3) is 0.647. The molecule has 0 bridgehead atoms. The van der Waals surface area contributed by atoms with E-state index in [9.17, 15) is 0 Å². The highest BCUT2D eigenvalue weighted by molar-refractivity contribution is 5.31. The van der Waals surface area contributed by atoms with Crippen molar-refractivity contribution in [1.82, 2.24) is 4.90 Å². The summed E-state index contributed by atoms with van der Waals surface area (Å²) in [5, 5.41) is 0. The maximum atomic E-state index is 6.09. The van der Waals surface area contributed by atoms with Gasteiger partial charge in [-0.3, -0.25) is 4.90 Å². The van der Waals surface area contributed by atoms with Crippen molar-refractivity contribution in [3.8, 4) is 0 Å². The van der Waals surface area contributed by atoms with E-state index >= 15 is 0 Å². The van der Waals surface area contributed by atoms with E-state index in [-0.39, 0.29) is 0 Å². The monoisotopic (exact) mass is 274 g/mol. The Hall–Kier alpha value is -0.900. The first-order valence-electron chi connectivity index (χ1n) is 7.93. The molecule has 1 heterocycles. The maximum Gasteiger partial charge on any atom is 0.0674 e. The fourth-order valence-corrected chi connectivity index (χ4v) is 3.24. The molecule has 110 valence electrons. The van der Waals surface area contributed by atoms with E-state index in [2.05, 4.69) is 36.1 Å². The number of rotatable bonds is 4.